The predicted octanol–water partition coefficient (Wildman–Crippen LogP) is 1.32. The molecule has 4 N–H and O–H groups in total. The van der Waals surface area contributed by atoms with Gasteiger partial charge in [0.05, 0.1) is 22.6 Å². The van der Waals surface area contributed by atoms with E-state index in [2.05, 4.69) is 0 Å². The fourth-order valence-electron chi connectivity index (χ4n) is 1.57. The van der Waals surface area contributed by atoms with E-state index in [1.54, 1.807) is 13.8 Å². The molecule has 0 amide bonds. The summed E-state index contributed by atoms with van der Waals surface area (Å²) >= 11 is 0. The average molecular weight is 240 g/mol. The van der Waals surface area contributed by atoms with E-state index < -0.39 is 17.1 Å². The number of aromatic hydroxyl groups is 1. The van der Waals surface area contributed by atoms with Crippen molar-refractivity contribution >= 4 is 5.69 Å². The second-order valence-corrected chi connectivity index (χ2v) is 4.26. The number of nitrogens with two attached hydrogens (primary N) is 1. The summed E-state index contributed by atoms with van der Waals surface area (Å²) < 4.78 is 0. The van der Waals surface area contributed by atoms with E-state index in [1.807, 2.05) is 0 Å². The molecule has 0 aliphatic rings. The van der Waals surface area contributed by atoms with Crippen molar-refractivity contribution in [3.8, 4) is 5.75 Å². The van der Waals surface area contributed by atoms with Crippen LogP contribution < -0.4 is 5.73 Å². The third-order valence-corrected chi connectivity index (χ3v) is 2.62. The van der Waals surface area contributed by atoms with Gasteiger partial charge in [-0.3, -0.25) is 10.1 Å². The van der Waals surface area contributed by atoms with E-state index in [9.17, 15) is 20.3 Å². The maximum Gasteiger partial charge on any atom is 0.274 e. The van der Waals surface area contributed by atoms with Crippen LogP contribution in [0, 0.1) is 16.0 Å². The average Bonchev–Trinajstić information content (AvgIpc) is 2.26. The number of nitro benzene ring substituents is 1. The number of hydrogen-bond donors (Lipinski definition) is 3. The third kappa shape index (κ3) is 2.92. The Kier molecular flexibility index (Phi) is 4.03. The molecule has 0 saturated carbocycles. The normalized spacial score (nSPS) is 14.6. The van der Waals surface area contributed by atoms with Crippen LogP contribution >= 0.6 is 0 Å². The Morgan fingerprint density at radius 3 is 2.47 bits per heavy atom. The molecule has 6 nitrogen and oxygen atoms in total. The standard InChI is InChI=1S/C11H16N2O4/c1-6(2)11(15)10(12)8-5-7(14)3-4-9(8)13(16)17/h3-6,10-11,14-15H,12H2,1-2H3/t10-,11+/m1/s1. The zero-order chi connectivity index (χ0) is 13.2. The maximum atomic E-state index is 10.8. The van der Waals surface area contributed by atoms with E-state index >= 15 is 0 Å². The zero-order valence-electron chi connectivity index (χ0n) is 9.70. The van der Waals surface area contributed by atoms with Gasteiger partial charge in [0.1, 0.15) is 5.75 Å². The van der Waals surface area contributed by atoms with E-state index in [-0.39, 0.29) is 22.9 Å². The molecule has 0 aliphatic heterocycles. The molecule has 2 atom stereocenters. The smallest absolute Gasteiger partial charge is 0.274 e. The van der Waals surface area contributed by atoms with E-state index in [1.165, 1.54) is 18.2 Å². The van der Waals surface area contributed by atoms with Crippen LogP contribution in [-0.4, -0.2) is 21.2 Å². The quantitative estimate of drug-likeness (QED) is 0.543. The second-order valence-electron chi connectivity index (χ2n) is 4.26. The summed E-state index contributed by atoms with van der Waals surface area (Å²) in [6.45, 7) is 3.53. The molecule has 6 heteroatoms. The molecular weight excluding hydrogens is 224 g/mol. The van der Waals surface area contributed by atoms with Gasteiger partial charge in [-0.1, -0.05) is 13.8 Å². The first-order valence-corrected chi connectivity index (χ1v) is 5.25. The summed E-state index contributed by atoms with van der Waals surface area (Å²) in [4.78, 5) is 10.2. The number of hydrogen-bond acceptors (Lipinski definition) is 5. The van der Waals surface area contributed by atoms with Gasteiger partial charge in [0.15, 0.2) is 0 Å². The van der Waals surface area contributed by atoms with Gasteiger partial charge < -0.3 is 15.9 Å². The highest BCUT2D eigenvalue weighted by atomic mass is 16.6. The van der Waals surface area contributed by atoms with Gasteiger partial charge in [-0.25, -0.2) is 0 Å². The first kappa shape index (κ1) is 13.4. The molecule has 0 saturated heterocycles. The van der Waals surface area contributed by atoms with Crippen molar-refractivity contribution in [2.24, 2.45) is 11.7 Å². The minimum atomic E-state index is -0.907. The SMILES string of the molecule is CC(C)[C@H](O)[C@H](N)c1cc(O)ccc1[N+](=O)[O-]. The lowest BCUT2D eigenvalue weighted by molar-refractivity contribution is -0.385. The zero-order valence-corrected chi connectivity index (χ0v) is 9.70. The lowest BCUT2D eigenvalue weighted by Crippen LogP contribution is -2.31. The number of nitro groups is 1. The molecule has 0 aliphatic carbocycles. The molecule has 94 valence electrons. The summed E-state index contributed by atoms with van der Waals surface area (Å²) in [5.74, 6) is -0.246. The summed E-state index contributed by atoms with van der Waals surface area (Å²) in [5.41, 5.74) is 5.72. The first-order chi connectivity index (χ1) is 7.84. The highest BCUT2D eigenvalue weighted by Gasteiger charge is 2.27. The van der Waals surface area contributed by atoms with Gasteiger partial charge in [0, 0.05) is 6.07 Å². The minimum Gasteiger partial charge on any atom is -0.508 e. The molecule has 0 unspecified atom stereocenters. The van der Waals surface area contributed by atoms with Crippen molar-refractivity contribution < 1.29 is 15.1 Å². The number of aliphatic hydroxyl groups is 1. The molecule has 0 heterocycles. The van der Waals surface area contributed by atoms with Crippen LogP contribution in [0.1, 0.15) is 25.5 Å². The molecule has 17 heavy (non-hydrogen) atoms. The second kappa shape index (κ2) is 5.11. The number of phenolic OH excluding ortho intramolecular Hbond substituents is 1. The Morgan fingerprint density at radius 2 is 2.00 bits per heavy atom. The van der Waals surface area contributed by atoms with Crippen LogP contribution in [0.2, 0.25) is 0 Å². The number of benzene rings is 1. The fraction of sp³-hybridized carbons (Fsp3) is 0.455. The number of phenols is 1. The van der Waals surface area contributed by atoms with Crippen LogP contribution in [0.25, 0.3) is 0 Å². The van der Waals surface area contributed by atoms with E-state index in [0.717, 1.165) is 0 Å². The van der Waals surface area contributed by atoms with Crippen molar-refractivity contribution in [2.45, 2.75) is 26.0 Å². The number of nitrogens with zero attached hydrogens (tertiary/aromatic N) is 1. The van der Waals surface area contributed by atoms with Gasteiger partial charge in [-0.2, -0.15) is 0 Å². The summed E-state index contributed by atoms with van der Waals surface area (Å²) in [7, 11) is 0. The summed E-state index contributed by atoms with van der Waals surface area (Å²) in [6.07, 6.45) is -0.907. The molecular formula is C11H16N2O4. The molecule has 0 aromatic heterocycles. The number of rotatable bonds is 4. The van der Waals surface area contributed by atoms with Crippen molar-refractivity contribution in [2.75, 3.05) is 0 Å². The van der Waals surface area contributed by atoms with Crippen LogP contribution in [0.5, 0.6) is 5.75 Å². The lowest BCUT2D eigenvalue weighted by Gasteiger charge is -2.22. The van der Waals surface area contributed by atoms with Crippen LogP contribution in [0.4, 0.5) is 5.69 Å². The summed E-state index contributed by atoms with van der Waals surface area (Å²) in [6, 6.07) is 2.71. The molecule has 0 radical (unpaired) electrons. The van der Waals surface area contributed by atoms with Crippen molar-refractivity contribution in [3.05, 3.63) is 33.9 Å². The monoisotopic (exact) mass is 240 g/mol. The van der Waals surface area contributed by atoms with Crippen LogP contribution in [0.3, 0.4) is 0 Å². The Bertz CT molecular complexity index is 420. The Hall–Kier alpha value is -1.66. The van der Waals surface area contributed by atoms with Crippen LogP contribution in [-0.2, 0) is 0 Å². The highest BCUT2D eigenvalue weighted by molar-refractivity contribution is 5.47. The van der Waals surface area contributed by atoms with E-state index in [4.69, 9.17) is 5.73 Å². The van der Waals surface area contributed by atoms with Gasteiger partial charge >= 0.3 is 0 Å². The molecule has 1 rings (SSSR count). The third-order valence-electron chi connectivity index (χ3n) is 2.62. The molecule has 1 aromatic carbocycles. The van der Waals surface area contributed by atoms with Gasteiger partial charge in [-0.15, -0.1) is 0 Å². The van der Waals surface area contributed by atoms with E-state index in [0.29, 0.717) is 0 Å². The van der Waals surface area contributed by atoms with Gasteiger partial charge in [0.25, 0.3) is 5.69 Å². The predicted molar refractivity (Wildman–Crippen MR) is 62.5 cm³/mol. The lowest BCUT2D eigenvalue weighted by atomic mass is 9.93. The van der Waals surface area contributed by atoms with Gasteiger partial charge in [0.2, 0.25) is 0 Å². The molecule has 0 spiro atoms. The topological polar surface area (TPSA) is 110 Å². The van der Waals surface area contributed by atoms with Crippen LogP contribution in [0.15, 0.2) is 18.2 Å². The summed E-state index contributed by atoms with van der Waals surface area (Å²) in [5, 5.41) is 30.0. The largest absolute Gasteiger partial charge is 0.508 e. The Labute approximate surface area is 98.8 Å². The Balaban J connectivity index is 3.19. The highest BCUT2D eigenvalue weighted by Crippen LogP contribution is 2.30. The van der Waals surface area contributed by atoms with Crippen molar-refractivity contribution in [1.82, 2.24) is 0 Å². The molecule has 1 aromatic rings. The van der Waals surface area contributed by atoms with Gasteiger partial charge in [-0.05, 0) is 18.1 Å². The fourth-order valence-corrected chi connectivity index (χ4v) is 1.57. The number of aliphatic hydroxyl groups excluding tert-OH is 1. The molecule has 0 fully saturated rings. The minimum absolute atomic E-state index is 0.114. The molecule has 0 bridgehead atoms. The Morgan fingerprint density at radius 1 is 1.41 bits per heavy atom. The maximum absolute atomic E-state index is 10.8. The van der Waals surface area contributed by atoms with Crippen molar-refractivity contribution in [3.63, 3.8) is 0 Å². The van der Waals surface area contributed by atoms with Crippen molar-refractivity contribution in [1.29, 1.82) is 0 Å². The first-order valence-electron chi connectivity index (χ1n) is 5.25.